The number of ether oxygens (including phenoxy) is 1. The van der Waals surface area contributed by atoms with Crippen LogP contribution in [-0.2, 0) is 4.74 Å². The summed E-state index contributed by atoms with van der Waals surface area (Å²) in [5.74, 6) is 2.21. The fourth-order valence-corrected chi connectivity index (χ4v) is 3.70. The molecule has 1 aromatic heterocycles. The van der Waals surface area contributed by atoms with E-state index in [1.165, 1.54) is 10.4 Å². The fraction of sp³-hybridized carbons (Fsp3) is 0.636. The van der Waals surface area contributed by atoms with E-state index in [4.69, 9.17) is 10.5 Å². The van der Waals surface area contributed by atoms with Gasteiger partial charge >= 0.3 is 0 Å². The van der Waals surface area contributed by atoms with Crippen molar-refractivity contribution in [3.63, 3.8) is 0 Å². The molecule has 0 amide bonds. The molecule has 0 aromatic carbocycles. The maximum absolute atomic E-state index is 6.29. The number of aryl methyl sites for hydroxylation is 1. The molecule has 2 nitrogen and oxygen atoms in total. The van der Waals surface area contributed by atoms with Gasteiger partial charge in [0.25, 0.3) is 0 Å². The molecule has 2 N–H and O–H groups in total. The molecule has 2 aliphatic rings. The quantitative estimate of drug-likeness (QED) is 0.808. The van der Waals surface area contributed by atoms with Crippen LogP contribution in [0, 0.1) is 24.7 Å². The van der Waals surface area contributed by atoms with E-state index in [0.717, 1.165) is 25.0 Å². The van der Waals surface area contributed by atoms with Gasteiger partial charge in [0.05, 0.1) is 13.2 Å². The molecule has 76 valence electrons. The van der Waals surface area contributed by atoms with Crippen molar-refractivity contribution in [3.8, 4) is 0 Å². The van der Waals surface area contributed by atoms with Crippen molar-refractivity contribution in [2.75, 3.05) is 13.2 Å². The third-order valence-electron chi connectivity index (χ3n) is 3.64. The van der Waals surface area contributed by atoms with Crippen LogP contribution < -0.4 is 5.73 Å². The summed E-state index contributed by atoms with van der Waals surface area (Å²) in [7, 11) is 0. The first kappa shape index (κ1) is 8.89. The lowest BCUT2D eigenvalue weighted by Gasteiger charge is -2.13. The van der Waals surface area contributed by atoms with Crippen molar-refractivity contribution in [3.05, 3.63) is 21.9 Å². The highest BCUT2D eigenvalue weighted by Crippen LogP contribution is 2.56. The molecule has 3 unspecified atom stereocenters. The van der Waals surface area contributed by atoms with Gasteiger partial charge in [0.2, 0.25) is 0 Å². The summed E-state index contributed by atoms with van der Waals surface area (Å²) >= 11 is 1.80. The van der Waals surface area contributed by atoms with Crippen molar-refractivity contribution in [1.29, 1.82) is 0 Å². The maximum Gasteiger partial charge on any atom is 0.0501 e. The second-order valence-corrected chi connectivity index (χ2v) is 5.38. The van der Waals surface area contributed by atoms with Gasteiger partial charge in [-0.1, -0.05) is 0 Å². The Balaban J connectivity index is 1.78. The SMILES string of the molecule is Cc1ccsc1C(N)C1C2COCC21. The zero-order valence-corrected chi connectivity index (χ0v) is 9.09. The van der Waals surface area contributed by atoms with E-state index in [-0.39, 0.29) is 6.04 Å². The summed E-state index contributed by atoms with van der Waals surface area (Å²) in [6.45, 7) is 4.03. The Kier molecular flexibility index (Phi) is 1.94. The second kappa shape index (κ2) is 3.05. The molecule has 0 radical (unpaired) electrons. The lowest BCUT2D eigenvalue weighted by Crippen LogP contribution is -2.17. The minimum atomic E-state index is 0.258. The first-order valence-electron chi connectivity index (χ1n) is 5.16. The third kappa shape index (κ3) is 1.16. The van der Waals surface area contributed by atoms with E-state index < -0.39 is 0 Å². The third-order valence-corrected chi connectivity index (χ3v) is 4.76. The molecule has 3 atom stereocenters. The minimum absolute atomic E-state index is 0.258. The van der Waals surface area contributed by atoms with Gasteiger partial charge < -0.3 is 10.5 Å². The topological polar surface area (TPSA) is 35.2 Å². The van der Waals surface area contributed by atoms with Gasteiger partial charge in [-0.15, -0.1) is 11.3 Å². The van der Waals surface area contributed by atoms with Crippen molar-refractivity contribution >= 4 is 11.3 Å². The lowest BCUT2D eigenvalue weighted by atomic mass is 10.1. The number of thiophene rings is 1. The lowest BCUT2D eigenvalue weighted by molar-refractivity contribution is 0.146. The van der Waals surface area contributed by atoms with Gasteiger partial charge in [0, 0.05) is 10.9 Å². The molecule has 0 spiro atoms. The molecule has 0 bridgehead atoms. The highest BCUT2D eigenvalue weighted by atomic mass is 32.1. The van der Waals surface area contributed by atoms with E-state index in [9.17, 15) is 0 Å². The second-order valence-electron chi connectivity index (χ2n) is 4.44. The molecule has 1 aromatic rings. The minimum Gasteiger partial charge on any atom is -0.381 e. The Hall–Kier alpha value is -0.380. The molecular formula is C11H15NOS. The Morgan fingerprint density at radius 3 is 2.79 bits per heavy atom. The summed E-state index contributed by atoms with van der Waals surface area (Å²) in [6, 6.07) is 2.42. The normalized spacial score (nSPS) is 36.9. The van der Waals surface area contributed by atoms with Crippen molar-refractivity contribution < 1.29 is 4.74 Å². The average Bonchev–Trinajstić information content (AvgIpc) is 2.57. The van der Waals surface area contributed by atoms with Crippen LogP contribution in [0.25, 0.3) is 0 Å². The Bertz CT molecular complexity index is 339. The highest BCUT2D eigenvalue weighted by molar-refractivity contribution is 7.10. The van der Waals surface area contributed by atoms with E-state index in [0.29, 0.717) is 5.92 Å². The summed E-state index contributed by atoms with van der Waals surface area (Å²) in [6.07, 6.45) is 0. The van der Waals surface area contributed by atoms with Crippen LogP contribution in [0.5, 0.6) is 0 Å². The molecule has 14 heavy (non-hydrogen) atoms. The van der Waals surface area contributed by atoms with Gasteiger partial charge in [-0.25, -0.2) is 0 Å². The van der Waals surface area contributed by atoms with Crippen LogP contribution in [0.15, 0.2) is 11.4 Å². The van der Waals surface area contributed by atoms with Crippen molar-refractivity contribution in [2.45, 2.75) is 13.0 Å². The number of fused-ring (bicyclic) bond motifs is 1. The van der Waals surface area contributed by atoms with Crippen LogP contribution in [-0.4, -0.2) is 13.2 Å². The highest BCUT2D eigenvalue weighted by Gasteiger charge is 2.56. The van der Waals surface area contributed by atoms with E-state index in [1.54, 1.807) is 11.3 Å². The molecule has 1 aliphatic heterocycles. The predicted molar refractivity (Wildman–Crippen MR) is 57.3 cm³/mol. The molecule has 2 heterocycles. The number of rotatable bonds is 2. The first-order chi connectivity index (χ1) is 6.79. The molecule has 1 saturated heterocycles. The Labute approximate surface area is 88.1 Å². The monoisotopic (exact) mass is 209 g/mol. The summed E-state index contributed by atoms with van der Waals surface area (Å²) < 4.78 is 5.38. The van der Waals surface area contributed by atoms with E-state index in [1.807, 2.05) is 0 Å². The van der Waals surface area contributed by atoms with E-state index >= 15 is 0 Å². The van der Waals surface area contributed by atoms with Crippen molar-refractivity contribution in [1.82, 2.24) is 0 Å². The molecule has 1 aliphatic carbocycles. The predicted octanol–water partition coefficient (Wildman–Crippen LogP) is 1.95. The van der Waals surface area contributed by atoms with Crippen LogP contribution in [0.4, 0.5) is 0 Å². The average molecular weight is 209 g/mol. The van der Waals surface area contributed by atoms with Gasteiger partial charge in [0.15, 0.2) is 0 Å². The van der Waals surface area contributed by atoms with Gasteiger partial charge in [-0.3, -0.25) is 0 Å². The van der Waals surface area contributed by atoms with Crippen LogP contribution in [0.2, 0.25) is 0 Å². The number of nitrogens with two attached hydrogens (primary N) is 1. The molecule has 3 rings (SSSR count). The van der Waals surface area contributed by atoms with E-state index in [2.05, 4.69) is 18.4 Å². The van der Waals surface area contributed by atoms with Crippen molar-refractivity contribution in [2.24, 2.45) is 23.5 Å². The summed E-state index contributed by atoms with van der Waals surface area (Å²) in [5, 5.41) is 2.14. The molecule has 1 saturated carbocycles. The number of hydrogen-bond donors (Lipinski definition) is 1. The summed E-state index contributed by atoms with van der Waals surface area (Å²) in [5.41, 5.74) is 7.65. The van der Waals surface area contributed by atoms with Gasteiger partial charge in [0.1, 0.15) is 0 Å². The van der Waals surface area contributed by atoms with Crippen LogP contribution in [0.1, 0.15) is 16.5 Å². The number of hydrogen-bond acceptors (Lipinski definition) is 3. The Morgan fingerprint density at radius 1 is 1.50 bits per heavy atom. The standard InChI is InChI=1S/C11H15NOS/c1-6-2-3-14-11(6)10(12)9-7-4-13-5-8(7)9/h2-3,7-10H,4-5,12H2,1H3. The Morgan fingerprint density at radius 2 is 2.21 bits per heavy atom. The molecule has 3 heteroatoms. The summed E-state index contributed by atoms with van der Waals surface area (Å²) in [4.78, 5) is 1.38. The van der Waals surface area contributed by atoms with Gasteiger partial charge in [-0.05, 0) is 41.7 Å². The maximum atomic E-state index is 6.29. The largest absolute Gasteiger partial charge is 0.381 e. The van der Waals surface area contributed by atoms with Crippen LogP contribution in [0.3, 0.4) is 0 Å². The van der Waals surface area contributed by atoms with Gasteiger partial charge in [-0.2, -0.15) is 0 Å². The molecule has 2 fully saturated rings. The molecular weight excluding hydrogens is 194 g/mol. The fourth-order valence-electron chi connectivity index (χ4n) is 2.72. The van der Waals surface area contributed by atoms with Crippen LogP contribution >= 0.6 is 11.3 Å². The zero-order chi connectivity index (χ0) is 9.71. The zero-order valence-electron chi connectivity index (χ0n) is 8.27. The smallest absolute Gasteiger partial charge is 0.0501 e. The first-order valence-corrected chi connectivity index (χ1v) is 6.04.